The van der Waals surface area contributed by atoms with Crippen LogP contribution in [0.2, 0.25) is 0 Å². The lowest BCUT2D eigenvalue weighted by Gasteiger charge is -2.14. The third-order valence-corrected chi connectivity index (χ3v) is 7.07. The largest absolute Gasteiger partial charge is 0.305 e. The molecule has 3 rings (SSSR count). The molecule has 1 aromatic carbocycles. The minimum Gasteiger partial charge on any atom is -0.305 e. The Labute approximate surface area is 137 Å². The van der Waals surface area contributed by atoms with Crippen LogP contribution >= 0.6 is 0 Å². The summed E-state index contributed by atoms with van der Waals surface area (Å²) in [7, 11) is -5.46. The first-order chi connectivity index (χ1) is 10.8. The molecule has 1 aliphatic heterocycles. The zero-order chi connectivity index (χ0) is 16.7. The van der Waals surface area contributed by atoms with Crippen LogP contribution in [0.15, 0.2) is 34.1 Å². The van der Waals surface area contributed by atoms with Gasteiger partial charge < -0.3 is 4.90 Å². The highest BCUT2D eigenvalue weighted by atomic mass is 32.2. The first-order valence-corrected chi connectivity index (χ1v) is 10.6. The van der Waals surface area contributed by atoms with E-state index < -0.39 is 20.0 Å². The third kappa shape index (κ3) is 4.10. The number of likely N-dealkylation sites (tertiary alicyclic amines) is 1. The number of sulfonamides is 2. The van der Waals surface area contributed by atoms with E-state index in [4.69, 9.17) is 0 Å². The topological polar surface area (TPSA) is 95.6 Å². The Balaban J connectivity index is 1.80. The van der Waals surface area contributed by atoms with E-state index in [1.165, 1.54) is 24.3 Å². The summed E-state index contributed by atoms with van der Waals surface area (Å²) in [5.41, 5.74) is 0. The molecule has 0 amide bonds. The van der Waals surface area contributed by atoms with Gasteiger partial charge in [0.15, 0.2) is 0 Å². The van der Waals surface area contributed by atoms with Crippen molar-refractivity contribution >= 4 is 20.0 Å². The minimum absolute atomic E-state index is 0.0178. The van der Waals surface area contributed by atoms with Crippen LogP contribution in [0.4, 0.5) is 0 Å². The lowest BCUT2D eigenvalue weighted by molar-refractivity contribution is 0.407. The van der Waals surface area contributed by atoms with Gasteiger partial charge in [-0.05, 0) is 51.1 Å². The van der Waals surface area contributed by atoms with Crippen LogP contribution in [0.1, 0.15) is 19.3 Å². The molecular formula is C14H21N3O4S2. The Hall–Kier alpha value is -1.00. The van der Waals surface area contributed by atoms with Gasteiger partial charge in [-0.15, -0.1) is 0 Å². The maximum atomic E-state index is 12.5. The summed E-state index contributed by atoms with van der Waals surface area (Å²) in [5, 5.41) is 0. The highest BCUT2D eigenvalue weighted by Crippen LogP contribution is 2.23. The summed E-state index contributed by atoms with van der Waals surface area (Å²) < 4.78 is 54.6. The highest BCUT2D eigenvalue weighted by Gasteiger charge is 2.29. The molecule has 1 aliphatic carbocycles. The third-order valence-electron chi connectivity index (χ3n) is 4.04. The number of benzene rings is 1. The molecule has 0 aromatic heterocycles. The van der Waals surface area contributed by atoms with Crippen LogP contribution in [0.5, 0.6) is 0 Å². The Morgan fingerprint density at radius 1 is 0.957 bits per heavy atom. The molecule has 128 valence electrons. The fraction of sp³-hybridized carbons (Fsp3) is 0.571. The van der Waals surface area contributed by atoms with E-state index in [0.717, 1.165) is 25.8 Å². The van der Waals surface area contributed by atoms with Crippen molar-refractivity contribution in [3.63, 3.8) is 0 Å². The van der Waals surface area contributed by atoms with Crippen molar-refractivity contribution in [2.24, 2.45) is 0 Å². The first-order valence-electron chi connectivity index (χ1n) is 7.59. The quantitative estimate of drug-likeness (QED) is 0.752. The molecule has 1 saturated carbocycles. The summed E-state index contributed by atoms with van der Waals surface area (Å²) in [4.78, 5) is 2.01. The lowest BCUT2D eigenvalue weighted by Crippen LogP contribution is -2.36. The maximum Gasteiger partial charge on any atom is 0.240 e. The van der Waals surface area contributed by atoms with Crippen molar-refractivity contribution in [1.29, 1.82) is 0 Å². The SMILES string of the molecule is CN1CC[C@@H](NS(=O)(=O)c2cccc(S(=O)(=O)NC3CC3)c2)C1. The molecule has 9 heteroatoms. The van der Waals surface area contributed by atoms with Gasteiger partial charge in [0.1, 0.15) is 0 Å². The van der Waals surface area contributed by atoms with Crippen LogP contribution < -0.4 is 9.44 Å². The molecule has 1 atom stereocenters. The van der Waals surface area contributed by atoms with Crippen molar-refractivity contribution in [2.75, 3.05) is 20.1 Å². The van der Waals surface area contributed by atoms with Crippen molar-refractivity contribution in [3.05, 3.63) is 24.3 Å². The van der Waals surface area contributed by atoms with Gasteiger partial charge >= 0.3 is 0 Å². The van der Waals surface area contributed by atoms with Crippen LogP contribution in [-0.2, 0) is 20.0 Å². The van der Waals surface area contributed by atoms with Crippen molar-refractivity contribution in [1.82, 2.24) is 14.3 Å². The van der Waals surface area contributed by atoms with E-state index >= 15 is 0 Å². The minimum atomic E-state index is -3.73. The molecular weight excluding hydrogens is 338 g/mol. The van der Waals surface area contributed by atoms with E-state index in [1.807, 2.05) is 11.9 Å². The smallest absolute Gasteiger partial charge is 0.240 e. The van der Waals surface area contributed by atoms with E-state index in [-0.39, 0.29) is 21.9 Å². The van der Waals surface area contributed by atoms with Gasteiger partial charge in [0, 0.05) is 18.6 Å². The number of nitrogens with zero attached hydrogens (tertiary/aromatic N) is 1. The van der Waals surface area contributed by atoms with E-state index in [0.29, 0.717) is 6.54 Å². The van der Waals surface area contributed by atoms with Crippen molar-refractivity contribution < 1.29 is 16.8 Å². The van der Waals surface area contributed by atoms with Crippen LogP contribution in [-0.4, -0.2) is 54.0 Å². The maximum absolute atomic E-state index is 12.5. The molecule has 0 spiro atoms. The van der Waals surface area contributed by atoms with E-state index in [1.54, 1.807) is 0 Å². The van der Waals surface area contributed by atoms with Crippen molar-refractivity contribution in [2.45, 2.75) is 41.1 Å². The van der Waals surface area contributed by atoms with Gasteiger partial charge in [0.25, 0.3) is 0 Å². The molecule has 2 fully saturated rings. The van der Waals surface area contributed by atoms with Crippen LogP contribution in [0.3, 0.4) is 0 Å². The second kappa shape index (κ2) is 6.14. The predicted octanol–water partition coefficient (Wildman–Crippen LogP) is 0.110. The average molecular weight is 359 g/mol. The Kier molecular flexibility index (Phi) is 4.49. The molecule has 7 nitrogen and oxygen atoms in total. The number of nitrogens with one attached hydrogen (secondary N) is 2. The Morgan fingerprint density at radius 2 is 1.52 bits per heavy atom. The van der Waals surface area contributed by atoms with Gasteiger partial charge in [-0.3, -0.25) is 0 Å². The summed E-state index contributed by atoms with van der Waals surface area (Å²) in [6, 6.07) is 5.33. The van der Waals surface area contributed by atoms with Crippen LogP contribution in [0.25, 0.3) is 0 Å². The normalized spacial score (nSPS) is 23.3. The number of hydrogen-bond acceptors (Lipinski definition) is 5. The molecule has 23 heavy (non-hydrogen) atoms. The van der Waals surface area contributed by atoms with Crippen LogP contribution in [0, 0.1) is 0 Å². The molecule has 0 bridgehead atoms. The summed E-state index contributed by atoms with van der Waals surface area (Å²) >= 11 is 0. The summed E-state index contributed by atoms with van der Waals surface area (Å²) in [6.45, 7) is 1.49. The standard InChI is InChI=1S/C14H21N3O4S2/c1-17-8-7-12(10-17)16-23(20,21)14-4-2-3-13(9-14)22(18,19)15-11-5-6-11/h2-4,9,11-12,15-16H,5-8,10H2,1H3/t12-/m1/s1. The van der Waals surface area contributed by atoms with E-state index in [2.05, 4.69) is 9.44 Å². The Bertz CT molecular complexity index is 788. The number of hydrogen-bond donors (Lipinski definition) is 2. The van der Waals surface area contributed by atoms with Gasteiger partial charge in [0.2, 0.25) is 20.0 Å². The summed E-state index contributed by atoms with van der Waals surface area (Å²) in [5.74, 6) is 0. The van der Waals surface area contributed by atoms with Crippen molar-refractivity contribution in [3.8, 4) is 0 Å². The number of likely N-dealkylation sites (N-methyl/N-ethyl adjacent to an activating group) is 1. The molecule has 0 unspecified atom stereocenters. The summed E-state index contributed by atoms with van der Waals surface area (Å²) in [6.07, 6.45) is 2.40. The highest BCUT2D eigenvalue weighted by molar-refractivity contribution is 7.90. The fourth-order valence-electron chi connectivity index (χ4n) is 2.62. The average Bonchev–Trinajstić information content (AvgIpc) is 3.19. The number of rotatable bonds is 6. The fourth-order valence-corrected chi connectivity index (χ4v) is 5.35. The van der Waals surface area contributed by atoms with E-state index in [9.17, 15) is 16.8 Å². The molecule has 0 radical (unpaired) electrons. The molecule has 1 heterocycles. The second-order valence-corrected chi connectivity index (χ2v) is 9.67. The molecule has 1 saturated heterocycles. The molecule has 2 N–H and O–H groups in total. The van der Waals surface area contributed by atoms with Gasteiger partial charge in [-0.25, -0.2) is 26.3 Å². The Morgan fingerprint density at radius 3 is 2.00 bits per heavy atom. The first kappa shape index (κ1) is 16.8. The van der Waals surface area contributed by atoms with Gasteiger partial charge in [-0.2, -0.15) is 0 Å². The zero-order valence-electron chi connectivity index (χ0n) is 12.9. The molecule has 1 aromatic rings. The second-order valence-electron chi connectivity index (χ2n) is 6.24. The predicted molar refractivity (Wildman–Crippen MR) is 86.0 cm³/mol. The monoisotopic (exact) mass is 359 g/mol. The lowest BCUT2D eigenvalue weighted by atomic mass is 10.3. The van der Waals surface area contributed by atoms with Gasteiger partial charge in [-0.1, -0.05) is 6.07 Å². The van der Waals surface area contributed by atoms with Gasteiger partial charge in [0.05, 0.1) is 9.79 Å². The molecule has 2 aliphatic rings. The zero-order valence-corrected chi connectivity index (χ0v) is 14.5.